The van der Waals surface area contributed by atoms with Gasteiger partial charge in [-0.1, -0.05) is 37.0 Å². The molecule has 2 atom stereocenters. The van der Waals surface area contributed by atoms with Crippen molar-refractivity contribution in [3.63, 3.8) is 0 Å². The van der Waals surface area contributed by atoms with Crippen LogP contribution < -0.4 is 14.2 Å². The third-order valence-electron chi connectivity index (χ3n) is 8.41. The summed E-state index contributed by atoms with van der Waals surface area (Å²) in [4.78, 5) is 28.5. The summed E-state index contributed by atoms with van der Waals surface area (Å²) in [5.74, 6) is -2.60. The fraction of sp³-hybridized carbons (Fsp3) is 0.333. The number of phenols is 2. The molecule has 0 unspecified atom stereocenters. The van der Waals surface area contributed by atoms with Crippen molar-refractivity contribution in [3.8, 4) is 39.9 Å². The van der Waals surface area contributed by atoms with Crippen LogP contribution in [-0.4, -0.2) is 53.8 Å². The van der Waals surface area contributed by atoms with E-state index in [1.54, 1.807) is 32.9 Å². The highest BCUT2D eigenvalue weighted by Gasteiger charge is 2.64. The monoisotopic (exact) mass is 586 g/mol. The molecule has 0 spiro atoms. The third-order valence-corrected chi connectivity index (χ3v) is 9.30. The number of hydrogen-bond acceptors (Lipinski definition) is 8. The van der Waals surface area contributed by atoms with E-state index >= 15 is 0 Å². The molecule has 2 aliphatic carbocycles. The Balaban J connectivity index is 1.87. The lowest BCUT2D eigenvalue weighted by molar-refractivity contribution is -0.0202. The van der Waals surface area contributed by atoms with Gasteiger partial charge in [0.25, 0.3) is 0 Å². The van der Waals surface area contributed by atoms with Crippen LogP contribution in [-0.2, 0) is 11.8 Å². The van der Waals surface area contributed by atoms with E-state index in [2.05, 4.69) is 0 Å². The van der Waals surface area contributed by atoms with Crippen LogP contribution in [0, 0.1) is 12.8 Å². The molecule has 40 heavy (non-hydrogen) atoms. The SMILES string of the molecule is COc1cc(OC)c(-c2cc(OC)c(Cl)c3c2C(=O)[C@@]2(O)C(=O)c4c(O)cc(O)cc4C(C)(C)[C@H]2C3)c(C)c1Cl. The molecule has 0 saturated heterocycles. The predicted molar refractivity (Wildman–Crippen MR) is 150 cm³/mol. The second-order valence-electron chi connectivity index (χ2n) is 10.7. The molecule has 10 heteroatoms. The van der Waals surface area contributed by atoms with Crippen molar-refractivity contribution in [1.29, 1.82) is 0 Å². The summed E-state index contributed by atoms with van der Waals surface area (Å²) in [6, 6.07) is 5.52. The van der Waals surface area contributed by atoms with E-state index < -0.39 is 34.2 Å². The number of halogens is 2. The molecule has 0 aromatic heterocycles. The van der Waals surface area contributed by atoms with Crippen molar-refractivity contribution in [2.45, 2.75) is 38.2 Å². The number of fused-ring (bicyclic) bond motifs is 3. The summed E-state index contributed by atoms with van der Waals surface area (Å²) < 4.78 is 16.6. The number of rotatable bonds is 4. The third kappa shape index (κ3) is 3.56. The van der Waals surface area contributed by atoms with Crippen molar-refractivity contribution in [3.05, 3.63) is 62.1 Å². The maximum absolute atomic E-state index is 14.5. The number of aromatic hydroxyl groups is 2. The van der Waals surface area contributed by atoms with Crippen LogP contribution in [0.2, 0.25) is 10.0 Å². The standard InChI is InChI=1S/C30H28Cl2O8/c1-12-22(18(38-4)11-20(40-6)25(12)31)14-9-19(39-5)26(32)15-10-21-29(2,3)16-7-13(33)8-17(34)24(16)28(36)30(21,37)27(35)23(14)15/h7-9,11,21,33-34,37H,10H2,1-6H3/t21-,30-/m1/s1. The van der Waals surface area contributed by atoms with Crippen molar-refractivity contribution in [1.82, 2.24) is 0 Å². The number of hydrogen-bond donors (Lipinski definition) is 3. The molecule has 3 aromatic carbocycles. The first kappa shape index (κ1) is 28.1. The molecule has 3 N–H and O–H groups in total. The van der Waals surface area contributed by atoms with Crippen molar-refractivity contribution < 1.29 is 39.1 Å². The Hall–Kier alpha value is -3.46. The number of Topliss-reactive ketones (excluding diaryl/α,β-unsaturated/α-hetero) is 2. The van der Waals surface area contributed by atoms with Crippen molar-refractivity contribution in [2.75, 3.05) is 21.3 Å². The van der Waals surface area contributed by atoms with Gasteiger partial charge in [-0.3, -0.25) is 9.59 Å². The van der Waals surface area contributed by atoms with E-state index in [1.807, 2.05) is 0 Å². The number of carbonyl (C=O) groups excluding carboxylic acids is 2. The van der Waals surface area contributed by atoms with Crippen LogP contribution in [0.5, 0.6) is 28.7 Å². The van der Waals surface area contributed by atoms with E-state index in [-0.39, 0.29) is 39.1 Å². The van der Waals surface area contributed by atoms with Gasteiger partial charge in [0.15, 0.2) is 5.60 Å². The molecule has 5 rings (SSSR count). The van der Waals surface area contributed by atoms with Gasteiger partial charge in [-0.25, -0.2) is 0 Å². The molecular weight excluding hydrogens is 559 g/mol. The van der Waals surface area contributed by atoms with Gasteiger partial charge in [0.05, 0.1) is 36.9 Å². The fourth-order valence-electron chi connectivity index (χ4n) is 6.34. The number of carbonyl (C=O) groups is 2. The zero-order chi connectivity index (χ0) is 29.5. The Labute approximate surface area is 241 Å². The highest BCUT2D eigenvalue weighted by molar-refractivity contribution is 6.36. The van der Waals surface area contributed by atoms with Gasteiger partial charge < -0.3 is 29.5 Å². The Morgan fingerprint density at radius 2 is 1.40 bits per heavy atom. The number of ether oxygens (including phenoxy) is 3. The molecule has 3 aromatic rings. The van der Waals surface area contributed by atoms with Crippen LogP contribution in [0.4, 0.5) is 0 Å². The van der Waals surface area contributed by atoms with E-state index in [1.165, 1.54) is 27.4 Å². The smallest absolute Gasteiger partial charge is 0.206 e. The van der Waals surface area contributed by atoms with Crippen LogP contribution in [0.1, 0.15) is 51.3 Å². The molecule has 0 bridgehead atoms. The number of benzene rings is 3. The molecule has 0 amide bonds. The summed E-state index contributed by atoms with van der Waals surface area (Å²) in [7, 11) is 4.37. The summed E-state index contributed by atoms with van der Waals surface area (Å²) in [5, 5.41) is 33.5. The minimum absolute atomic E-state index is 0.0143. The molecule has 0 fully saturated rings. The molecule has 0 radical (unpaired) electrons. The summed E-state index contributed by atoms with van der Waals surface area (Å²) in [6.07, 6.45) is 0.0143. The van der Waals surface area contributed by atoms with E-state index in [0.29, 0.717) is 39.3 Å². The number of ketones is 2. The Bertz CT molecular complexity index is 1630. The second kappa shape index (κ2) is 9.29. The maximum Gasteiger partial charge on any atom is 0.206 e. The highest BCUT2D eigenvalue weighted by atomic mass is 35.5. The first-order valence-electron chi connectivity index (χ1n) is 12.4. The van der Waals surface area contributed by atoms with Crippen LogP contribution in [0.3, 0.4) is 0 Å². The van der Waals surface area contributed by atoms with Crippen molar-refractivity contribution in [2.24, 2.45) is 5.92 Å². The quantitative estimate of drug-likeness (QED) is 0.334. The molecule has 0 saturated carbocycles. The molecule has 0 aliphatic heterocycles. The lowest BCUT2D eigenvalue weighted by Crippen LogP contribution is -2.64. The first-order valence-corrected chi connectivity index (χ1v) is 13.2. The largest absolute Gasteiger partial charge is 0.508 e. The van der Waals surface area contributed by atoms with Gasteiger partial charge in [0.1, 0.15) is 28.7 Å². The second-order valence-corrected chi connectivity index (χ2v) is 11.4. The number of methoxy groups -OCH3 is 3. The van der Waals surface area contributed by atoms with Gasteiger partial charge >= 0.3 is 0 Å². The molecule has 210 valence electrons. The van der Waals surface area contributed by atoms with Gasteiger partial charge in [-0.2, -0.15) is 0 Å². The zero-order valence-electron chi connectivity index (χ0n) is 22.7. The molecular formula is C30H28Cl2O8. The van der Waals surface area contributed by atoms with Crippen molar-refractivity contribution >= 4 is 34.8 Å². The predicted octanol–water partition coefficient (Wildman–Crippen LogP) is 5.67. The maximum atomic E-state index is 14.5. The Morgan fingerprint density at radius 3 is 2.00 bits per heavy atom. The summed E-state index contributed by atoms with van der Waals surface area (Å²) in [5.41, 5.74) is -1.80. The minimum atomic E-state index is -2.54. The fourth-order valence-corrected chi connectivity index (χ4v) is 6.87. The van der Waals surface area contributed by atoms with Crippen LogP contribution in [0.25, 0.3) is 11.1 Å². The van der Waals surface area contributed by atoms with Gasteiger partial charge in [-0.15, -0.1) is 0 Å². The highest BCUT2D eigenvalue weighted by Crippen LogP contribution is 2.57. The van der Waals surface area contributed by atoms with Gasteiger partial charge in [-0.05, 0) is 47.6 Å². The first-order chi connectivity index (χ1) is 18.7. The van der Waals surface area contributed by atoms with Crippen LogP contribution >= 0.6 is 23.2 Å². The topological polar surface area (TPSA) is 123 Å². The molecule has 2 aliphatic rings. The van der Waals surface area contributed by atoms with E-state index in [4.69, 9.17) is 37.4 Å². The normalized spacial score (nSPS) is 20.9. The van der Waals surface area contributed by atoms with Gasteiger partial charge in [0, 0.05) is 34.7 Å². The Kier molecular flexibility index (Phi) is 6.53. The molecule has 8 nitrogen and oxygen atoms in total. The Morgan fingerprint density at radius 1 is 0.825 bits per heavy atom. The lowest BCUT2D eigenvalue weighted by Gasteiger charge is -2.51. The number of aliphatic hydroxyl groups is 1. The van der Waals surface area contributed by atoms with E-state index in [0.717, 1.165) is 6.07 Å². The summed E-state index contributed by atoms with van der Waals surface area (Å²) in [6.45, 7) is 5.23. The summed E-state index contributed by atoms with van der Waals surface area (Å²) >= 11 is 13.4. The van der Waals surface area contributed by atoms with Gasteiger partial charge in [0.2, 0.25) is 11.6 Å². The van der Waals surface area contributed by atoms with E-state index in [9.17, 15) is 24.9 Å². The molecule has 0 heterocycles. The lowest BCUT2D eigenvalue weighted by atomic mass is 9.52. The van der Waals surface area contributed by atoms with Crippen LogP contribution in [0.15, 0.2) is 24.3 Å². The minimum Gasteiger partial charge on any atom is -0.508 e. The zero-order valence-corrected chi connectivity index (χ0v) is 24.2. The average Bonchev–Trinajstić information content (AvgIpc) is 2.90. The average molecular weight is 587 g/mol. The number of phenolic OH excluding ortho intramolecular Hbond substituents is 2.